The van der Waals surface area contributed by atoms with Crippen molar-refractivity contribution >= 4 is 22.4 Å². The fourth-order valence-electron chi connectivity index (χ4n) is 3.14. The van der Waals surface area contributed by atoms with E-state index in [0.717, 1.165) is 28.0 Å². The number of pyridine rings is 1. The van der Waals surface area contributed by atoms with Crippen LogP contribution in [-0.4, -0.2) is 16.6 Å². The normalized spacial score (nSPS) is 12.2. The minimum Gasteiger partial charge on any atom is -0.491 e. The second kappa shape index (κ2) is 7.89. The lowest BCUT2D eigenvalue weighted by atomic mass is 10.1. The fraction of sp³-hybridized carbons (Fsp3) is 0.304. The number of aromatic nitrogens is 1. The molecule has 0 fully saturated rings. The van der Waals surface area contributed by atoms with Gasteiger partial charge in [-0.15, -0.1) is 0 Å². The molecule has 3 aromatic rings. The van der Waals surface area contributed by atoms with Gasteiger partial charge in [-0.2, -0.15) is 0 Å². The van der Waals surface area contributed by atoms with Gasteiger partial charge < -0.3 is 14.6 Å². The number of hydrogen-bond acceptors (Lipinski definition) is 3. The SMILES string of the molecule is Cc1cccc(NC(=O)C(C)n2ccc3cc(OC(C)C)ccc3c2=O)c1C. The molecule has 0 saturated carbocycles. The number of amides is 1. The van der Waals surface area contributed by atoms with E-state index in [0.29, 0.717) is 5.39 Å². The van der Waals surface area contributed by atoms with Crippen molar-refractivity contribution in [2.75, 3.05) is 5.32 Å². The third kappa shape index (κ3) is 3.93. The predicted octanol–water partition coefficient (Wildman–Crippen LogP) is 4.61. The average molecular weight is 378 g/mol. The first-order valence-corrected chi connectivity index (χ1v) is 9.46. The van der Waals surface area contributed by atoms with Gasteiger partial charge in [-0.05, 0) is 81.5 Å². The molecule has 0 aliphatic heterocycles. The van der Waals surface area contributed by atoms with Crippen LogP contribution in [0.2, 0.25) is 0 Å². The Balaban J connectivity index is 1.89. The molecule has 1 atom stereocenters. The van der Waals surface area contributed by atoms with Crippen LogP contribution in [0.15, 0.2) is 53.5 Å². The van der Waals surface area contributed by atoms with Crippen molar-refractivity contribution < 1.29 is 9.53 Å². The summed E-state index contributed by atoms with van der Waals surface area (Å²) < 4.78 is 7.16. The molecule has 0 saturated heterocycles. The molecule has 0 bridgehead atoms. The van der Waals surface area contributed by atoms with Crippen LogP contribution in [0.4, 0.5) is 5.69 Å². The lowest BCUT2D eigenvalue weighted by molar-refractivity contribution is -0.118. The number of rotatable bonds is 5. The van der Waals surface area contributed by atoms with Gasteiger partial charge in [-0.1, -0.05) is 12.1 Å². The lowest BCUT2D eigenvalue weighted by Crippen LogP contribution is -2.31. The number of benzene rings is 2. The van der Waals surface area contributed by atoms with E-state index in [1.54, 1.807) is 25.3 Å². The quantitative estimate of drug-likeness (QED) is 0.705. The van der Waals surface area contributed by atoms with Gasteiger partial charge in [0.25, 0.3) is 5.56 Å². The number of carbonyl (C=O) groups is 1. The van der Waals surface area contributed by atoms with Crippen LogP contribution in [0.3, 0.4) is 0 Å². The molecule has 0 aliphatic carbocycles. The van der Waals surface area contributed by atoms with Crippen LogP contribution in [0.1, 0.15) is 37.9 Å². The van der Waals surface area contributed by atoms with Crippen molar-refractivity contribution in [2.45, 2.75) is 46.8 Å². The molecule has 0 radical (unpaired) electrons. The minimum absolute atomic E-state index is 0.0617. The van der Waals surface area contributed by atoms with Crippen molar-refractivity contribution in [3.8, 4) is 5.75 Å². The summed E-state index contributed by atoms with van der Waals surface area (Å²) in [4.78, 5) is 25.7. The second-order valence-corrected chi connectivity index (χ2v) is 7.36. The van der Waals surface area contributed by atoms with Crippen LogP contribution in [0, 0.1) is 13.8 Å². The van der Waals surface area contributed by atoms with Gasteiger partial charge in [-0.25, -0.2) is 0 Å². The van der Waals surface area contributed by atoms with Gasteiger partial charge in [-0.3, -0.25) is 9.59 Å². The number of carbonyl (C=O) groups excluding carboxylic acids is 1. The van der Waals surface area contributed by atoms with E-state index in [1.807, 2.05) is 58.0 Å². The van der Waals surface area contributed by atoms with Gasteiger partial charge in [0.2, 0.25) is 5.91 Å². The molecule has 1 N–H and O–H groups in total. The van der Waals surface area contributed by atoms with Gasteiger partial charge in [0.1, 0.15) is 11.8 Å². The Kier molecular flexibility index (Phi) is 5.54. The standard InChI is InChI=1S/C23H26N2O3/c1-14(2)28-19-9-10-20-18(13-19)11-12-25(23(20)27)17(5)22(26)24-21-8-6-7-15(3)16(21)4/h6-14,17H,1-5H3,(H,24,26). The summed E-state index contributed by atoms with van der Waals surface area (Å²) in [5.74, 6) is 0.496. The molecule has 1 unspecified atom stereocenters. The highest BCUT2D eigenvalue weighted by Crippen LogP contribution is 2.22. The summed E-state index contributed by atoms with van der Waals surface area (Å²) in [5, 5.41) is 4.29. The molecule has 2 aromatic carbocycles. The molecule has 1 amide bonds. The summed E-state index contributed by atoms with van der Waals surface area (Å²) in [5.41, 5.74) is 2.69. The maximum atomic E-state index is 12.9. The molecule has 0 aliphatic rings. The Morgan fingerprint density at radius 3 is 2.54 bits per heavy atom. The molecule has 5 nitrogen and oxygen atoms in total. The molecular formula is C23H26N2O3. The van der Waals surface area contributed by atoms with Crippen molar-refractivity contribution in [3.63, 3.8) is 0 Å². The summed E-state index contributed by atoms with van der Waals surface area (Å²) in [6.45, 7) is 9.61. The molecule has 1 aromatic heterocycles. The zero-order valence-corrected chi connectivity index (χ0v) is 16.9. The molecular weight excluding hydrogens is 352 g/mol. The van der Waals surface area contributed by atoms with E-state index in [9.17, 15) is 9.59 Å². The van der Waals surface area contributed by atoms with Crippen molar-refractivity contribution in [1.29, 1.82) is 0 Å². The van der Waals surface area contributed by atoms with Crippen LogP contribution in [0.25, 0.3) is 10.8 Å². The van der Waals surface area contributed by atoms with Gasteiger partial charge in [0.05, 0.1) is 6.10 Å². The Bertz CT molecular complexity index is 1080. The summed E-state index contributed by atoms with van der Waals surface area (Å²) in [6, 6.07) is 12.4. The highest BCUT2D eigenvalue weighted by atomic mass is 16.5. The van der Waals surface area contributed by atoms with Gasteiger partial charge in [0.15, 0.2) is 0 Å². The zero-order chi connectivity index (χ0) is 20.4. The summed E-state index contributed by atoms with van der Waals surface area (Å²) in [7, 11) is 0. The molecule has 146 valence electrons. The Hall–Kier alpha value is -3.08. The third-order valence-corrected chi connectivity index (χ3v) is 4.93. The van der Waals surface area contributed by atoms with Gasteiger partial charge >= 0.3 is 0 Å². The Morgan fingerprint density at radius 2 is 1.82 bits per heavy atom. The summed E-state index contributed by atoms with van der Waals surface area (Å²) in [6.07, 6.45) is 1.73. The van der Waals surface area contributed by atoms with Crippen molar-refractivity contribution in [3.05, 3.63) is 70.1 Å². The third-order valence-electron chi connectivity index (χ3n) is 4.93. The monoisotopic (exact) mass is 378 g/mol. The van der Waals surface area contributed by atoms with Crippen molar-refractivity contribution in [2.24, 2.45) is 0 Å². The highest BCUT2D eigenvalue weighted by Gasteiger charge is 2.18. The molecule has 5 heteroatoms. The molecule has 1 heterocycles. The van der Waals surface area contributed by atoms with E-state index < -0.39 is 6.04 Å². The number of anilines is 1. The highest BCUT2D eigenvalue weighted by molar-refractivity contribution is 5.94. The van der Waals surface area contributed by atoms with Crippen LogP contribution in [-0.2, 0) is 4.79 Å². The van der Waals surface area contributed by atoms with Crippen LogP contribution in [0.5, 0.6) is 5.75 Å². The first-order chi connectivity index (χ1) is 13.3. The van der Waals surface area contributed by atoms with Crippen molar-refractivity contribution in [1.82, 2.24) is 4.57 Å². The second-order valence-electron chi connectivity index (χ2n) is 7.36. The fourth-order valence-corrected chi connectivity index (χ4v) is 3.14. The number of ether oxygens (including phenoxy) is 1. The maximum Gasteiger partial charge on any atom is 0.259 e. The van der Waals surface area contributed by atoms with Gasteiger partial charge in [0, 0.05) is 17.3 Å². The van der Waals surface area contributed by atoms with E-state index in [4.69, 9.17) is 4.74 Å². The smallest absolute Gasteiger partial charge is 0.259 e. The van der Waals surface area contributed by atoms with E-state index in [1.165, 1.54) is 4.57 Å². The molecule has 3 rings (SSSR count). The maximum absolute atomic E-state index is 12.9. The lowest BCUT2D eigenvalue weighted by Gasteiger charge is -2.17. The predicted molar refractivity (Wildman–Crippen MR) is 113 cm³/mol. The van der Waals surface area contributed by atoms with Crippen LogP contribution >= 0.6 is 0 Å². The first-order valence-electron chi connectivity index (χ1n) is 9.46. The number of hydrogen-bond donors (Lipinski definition) is 1. The van der Waals surface area contributed by atoms with E-state index >= 15 is 0 Å². The number of fused-ring (bicyclic) bond motifs is 1. The Morgan fingerprint density at radius 1 is 1.07 bits per heavy atom. The number of nitrogens with zero attached hydrogens (tertiary/aromatic N) is 1. The van der Waals surface area contributed by atoms with E-state index in [-0.39, 0.29) is 17.6 Å². The minimum atomic E-state index is -0.636. The summed E-state index contributed by atoms with van der Waals surface area (Å²) >= 11 is 0. The molecule has 0 spiro atoms. The number of aryl methyl sites for hydroxylation is 1. The van der Waals surface area contributed by atoms with E-state index in [2.05, 4.69) is 5.32 Å². The largest absolute Gasteiger partial charge is 0.491 e. The zero-order valence-electron chi connectivity index (χ0n) is 16.9. The number of nitrogens with one attached hydrogen (secondary N) is 1. The topological polar surface area (TPSA) is 60.3 Å². The first kappa shape index (κ1) is 19.7. The average Bonchev–Trinajstić information content (AvgIpc) is 2.64. The Labute approximate surface area is 165 Å². The molecule has 28 heavy (non-hydrogen) atoms. The van der Waals surface area contributed by atoms with Crippen LogP contribution < -0.4 is 15.6 Å².